The lowest BCUT2D eigenvalue weighted by molar-refractivity contribution is -0.191. The van der Waals surface area contributed by atoms with Crippen molar-refractivity contribution in [2.45, 2.75) is 133 Å². The Balaban J connectivity index is 0. The van der Waals surface area contributed by atoms with Crippen LogP contribution in [0, 0.1) is 20.8 Å². The van der Waals surface area contributed by atoms with Crippen LogP contribution in [-0.4, -0.2) is 130 Å². The summed E-state index contributed by atoms with van der Waals surface area (Å²) in [5.74, 6) is 15.3. The number of anilines is 1. The van der Waals surface area contributed by atoms with Crippen LogP contribution < -0.4 is 28.3 Å². The van der Waals surface area contributed by atoms with E-state index < -0.39 is 16.8 Å². The van der Waals surface area contributed by atoms with Crippen LogP contribution in [0.15, 0.2) is 82.7 Å². The summed E-state index contributed by atoms with van der Waals surface area (Å²) in [5, 5.41) is 18.5. The maximum Gasteiger partial charge on any atom is 0.410 e. The van der Waals surface area contributed by atoms with Gasteiger partial charge < -0.3 is 54.0 Å². The predicted octanol–water partition coefficient (Wildman–Crippen LogP) is 6.50. The highest BCUT2D eigenvalue weighted by molar-refractivity contribution is 5.69. The Morgan fingerprint density at radius 2 is 0.886 bits per heavy atom. The standard InChI is InChI=1S/C15H20N4O3.C13H20N2O2.C12H20N4O2.C10H12N4O.CO2.CH4.H4N2.H2O/c1-10-17-18-13(21-10)12-6-11(7-16-8-12)9-19(5)14(20)22-15(2,3)4;1-10-6-11(8-14-7-10)9-15(5)12(16)17-13(2,3)4;1-12(2,3)18-11(17)16(4)8-9-5-10(15-13)7-14-6-9;1-7-13-14-10(15-7)9-3-8(4-11-2)5-12-6-9;2-1-3;;1-2;/h6-8H,9H2,1-5H3;6-8H,9H2,1-5H3;5-7,15H,8,13H2,1-4H3;3,5-6,11H,4H2,1-2H3;;1H4;1-2H2;1H2. The van der Waals surface area contributed by atoms with E-state index >= 15 is 0 Å². The molecule has 0 aliphatic heterocycles. The number of hydrogen-bond donors (Lipinski definition) is 5. The zero-order valence-electron chi connectivity index (χ0n) is 47.5. The second kappa shape index (κ2) is 35.9. The monoisotopic (exact) mass is 1110 g/mol. The third-order valence-corrected chi connectivity index (χ3v) is 8.78. The zero-order chi connectivity index (χ0) is 58.5. The number of amides is 3. The molecule has 0 fully saturated rings. The number of ether oxygens (including phenoxy) is 3. The van der Waals surface area contributed by atoms with Gasteiger partial charge in [0.15, 0.2) is 0 Å². The fraction of sp³-hybridized carbons (Fsp3) is 0.462. The van der Waals surface area contributed by atoms with Crippen LogP contribution in [0.2, 0.25) is 0 Å². The van der Waals surface area contributed by atoms with Crippen LogP contribution in [0.5, 0.6) is 0 Å². The second-order valence-corrected chi connectivity index (χ2v) is 19.6. The molecule has 27 nitrogen and oxygen atoms in total. The molecule has 0 unspecified atom stereocenters. The molecule has 436 valence electrons. The number of nitrogens with one attached hydrogen (secondary N) is 2. The first-order valence-corrected chi connectivity index (χ1v) is 23.6. The van der Waals surface area contributed by atoms with E-state index in [0.717, 1.165) is 45.5 Å². The van der Waals surface area contributed by atoms with Gasteiger partial charge in [0.2, 0.25) is 23.6 Å². The van der Waals surface area contributed by atoms with Gasteiger partial charge in [0.25, 0.3) is 0 Å². The lowest BCUT2D eigenvalue weighted by Crippen LogP contribution is -2.33. The van der Waals surface area contributed by atoms with Crippen LogP contribution in [0.4, 0.5) is 20.1 Å². The smallest absolute Gasteiger partial charge is 0.410 e. The molecule has 0 aliphatic rings. The highest BCUT2D eigenvalue weighted by atomic mass is 16.6. The van der Waals surface area contributed by atoms with Crippen molar-refractivity contribution in [1.82, 2.24) is 60.3 Å². The molecule has 0 bridgehead atoms. The second-order valence-electron chi connectivity index (χ2n) is 19.6. The molecule has 0 radical (unpaired) electrons. The molecule has 27 heteroatoms. The summed E-state index contributed by atoms with van der Waals surface area (Å²) in [4.78, 5) is 72.6. The molecule has 6 heterocycles. The number of pyridine rings is 4. The zero-order valence-corrected chi connectivity index (χ0v) is 47.5. The number of rotatable bonds is 11. The quantitative estimate of drug-likeness (QED) is 0.0524. The van der Waals surface area contributed by atoms with Crippen molar-refractivity contribution in [3.8, 4) is 22.9 Å². The maximum absolute atomic E-state index is 12.0. The Morgan fingerprint density at radius 1 is 0.557 bits per heavy atom. The molecule has 10 N–H and O–H groups in total. The molecule has 0 saturated carbocycles. The highest BCUT2D eigenvalue weighted by Gasteiger charge is 2.22. The molecule has 0 saturated heterocycles. The minimum atomic E-state index is -0.521. The number of nitrogens with zero attached hydrogens (tertiary/aromatic N) is 11. The molecule has 6 aromatic rings. The Hall–Kier alpha value is -8.33. The summed E-state index contributed by atoms with van der Waals surface area (Å²) in [6.45, 7) is 24.1. The van der Waals surface area contributed by atoms with Crippen molar-refractivity contribution < 1.29 is 52.5 Å². The van der Waals surface area contributed by atoms with Crippen LogP contribution >= 0.6 is 0 Å². The third-order valence-electron chi connectivity index (χ3n) is 8.78. The average Bonchev–Trinajstić information content (AvgIpc) is 4.00. The topological polar surface area (TPSA) is 386 Å². The molecule has 79 heavy (non-hydrogen) atoms. The van der Waals surface area contributed by atoms with E-state index in [1.54, 1.807) is 83.3 Å². The van der Waals surface area contributed by atoms with E-state index in [9.17, 15) is 14.4 Å². The van der Waals surface area contributed by atoms with Gasteiger partial charge in [0.1, 0.15) is 16.8 Å². The number of aromatic nitrogens is 8. The number of nitrogens with two attached hydrogens (primary N) is 3. The van der Waals surface area contributed by atoms with E-state index in [1.165, 1.54) is 9.80 Å². The van der Waals surface area contributed by atoms with Gasteiger partial charge in [-0.1, -0.05) is 13.5 Å². The van der Waals surface area contributed by atoms with Crippen molar-refractivity contribution in [2.75, 3.05) is 33.6 Å². The number of nitrogen functional groups attached to an aromatic ring is 1. The summed E-state index contributed by atoms with van der Waals surface area (Å²) in [7, 11) is 6.97. The Kier molecular flexibility index (Phi) is 33.1. The molecule has 0 spiro atoms. The number of aryl methyl sites for hydroxylation is 3. The minimum absolute atomic E-state index is 0. The summed E-state index contributed by atoms with van der Waals surface area (Å²) in [5.41, 5.74) is 8.19. The van der Waals surface area contributed by atoms with Crippen LogP contribution in [-0.2, 0) is 50.0 Å². The first kappa shape index (κ1) is 72.7. The number of carbonyl (C=O) groups excluding carboxylic acids is 5. The Labute approximate surface area is 462 Å². The van der Waals surface area contributed by atoms with E-state index in [4.69, 9.17) is 38.5 Å². The van der Waals surface area contributed by atoms with Crippen molar-refractivity contribution in [1.29, 1.82) is 0 Å². The van der Waals surface area contributed by atoms with Crippen molar-refractivity contribution >= 4 is 30.1 Å². The highest BCUT2D eigenvalue weighted by Crippen LogP contribution is 2.20. The van der Waals surface area contributed by atoms with E-state index in [-0.39, 0.29) is 37.3 Å². The maximum atomic E-state index is 12.0. The predicted molar refractivity (Wildman–Crippen MR) is 295 cm³/mol. The van der Waals surface area contributed by atoms with Gasteiger partial charge in [-0.3, -0.25) is 37.5 Å². The van der Waals surface area contributed by atoms with Crippen LogP contribution in [0.1, 0.15) is 109 Å². The van der Waals surface area contributed by atoms with Crippen molar-refractivity contribution in [2.24, 2.45) is 17.5 Å². The normalized spacial score (nSPS) is 10.2. The molecule has 6 aromatic heterocycles. The summed E-state index contributed by atoms with van der Waals surface area (Å²) in [6.07, 6.45) is 12.9. The molecule has 6 rings (SSSR count). The van der Waals surface area contributed by atoms with Gasteiger partial charge in [0.05, 0.1) is 42.6 Å². The van der Waals surface area contributed by atoms with Gasteiger partial charge >= 0.3 is 24.4 Å². The third kappa shape index (κ3) is 30.9. The van der Waals surface area contributed by atoms with Gasteiger partial charge in [0, 0.05) is 84.9 Å². The molecular formula is C52H82N16O11. The lowest BCUT2D eigenvalue weighted by atomic mass is 10.2. The van der Waals surface area contributed by atoms with Crippen molar-refractivity contribution in [3.63, 3.8) is 0 Å². The SMILES string of the molecule is C.CN(Cc1cncc(NN)c1)C(=O)OC(C)(C)C.CNCc1cncc(-c2nnc(C)o2)c1.Cc1cncc(CN(C)C(=O)OC(C)(C)C)c1.Cc1nnc(-c2cncc(CN(C)C(=O)OC(C)(C)C)c2)o1.NN.O.O=C=O. The number of hydrazine groups is 2. The summed E-state index contributed by atoms with van der Waals surface area (Å²) < 4.78 is 26.5. The van der Waals surface area contributed by atoms with E-state index in [1.807, 2.05) is 107 Å². The minimum Gasteiger partial charge on any atom is -0.444 e. The fourth-order valence-electron chi connectivity index (χ4n) is 5.81. The van der Waals surface area contributed by atoms with Gasteiger partial charge in [-0.25, -0.2) is 14.4 Å². The largest absolute Gasteiger partial charge is 0.444 e. The lowest BCUT2D eigenvalue weighted by Gasteiger charge is -2.24. The summed E-state index contributed by atoms with van der Waals surface area (Å²) in [6, 6.07) is 7.68. The van der Waals surface area contributed by atoms with Gasteiger partial charge in [-0.2, -0.15) is 9.59 Å². The molecule has 0 atom stereocenters. The van der Waals surface area contributed by atoms with E-state index in [0.29, 0.717) is 48.9 Å². The van der Waals surface area contributed by atoms with Crippen molar-refractivity contribution in [3.05, 3.63) is 113 Å². The van der Waals surface area contributed by atoms with E-state index in [2.05, 4.69) is 62.8 Å². The number of carbonyl (C=O) groups is 3. The molecule has 0 aliphatic carbocycles. The fourth-order valence-corrected chi connectivity index (χ4v) is 5.81. The molecule has 0 aromatic carbocycles. The van der Waals surface area contributed by atoms with Gasteiger partial charge in [-0.05, 0) is 122 Å². The van der Waals surface area contributed by atoms with Crippen LogP contribution in [0.25, 0.3) is 22.9 Å². The summed E-state index contributed by atoms with van der Waals surface area (Å²) >= 11 is 0. The van der Waals surface area contributed by atoms with Gasteiger partial charge in [-0.15, -0.1) is 20.4 Å². The number of hydrogen-bond acceptors (Lipinski definition) is 23. The molecular weight excluding hydrogens is 1020 g/mol. The average molecular weight is 1110 g/mol. The molecule has 3 amide bonds. The first-order valence-electron chi connectivity index (χ1n) is 23.6. The first-order chi connectivity index (χ1) is 36.0. The Morgan fingerprint density at radius 3 is 1.22 bits per heavy atom. The Bertz CT molecular complexity index is 2750. The van der Waals surface area contributed by atoms with Crippen LogP contribution in [0.3, 0.4) is 0 Å².